The lowest BCUT2D eigenvalue weighted by molar-refractivity contribution is 0.0998. The lowest BCUT2D eigenvalue weighted by atomic mass is 10.0. The summed E-state index contributed by atoms with van der Waals surface area (Å²) >= 11 is 0. The molecule has 0 aliphatic carbocycles. The first-order valence-corrected chi connectivity index (χ1v) is 13.8. The SMILES string of the molecule is CCOc1ccc2[nH]c(=O)c([C@H](c3nnnn3Cc3ccccc3)N3CCN(Cc4ccccc4)CC3)cc2c1. The molecule has 5 aromatic rings. The van der Waals surface area contributed by atoms with Gasteiger partial charge < -0.3 is 9.72 Å². The van der Waals surface area contributed by atoms with Crippen molar-refractivity contribution < 1.29 is 4.74 Å². The number of ether oxygens (including phenoxy) is 1. The number of pyridine rings is 1. The summed E-state index contributed by atoms with van der Waals surface area (Å²) in [5.41, 5.74) is 3.66. The van der Waals surface area contributed by atoms with Crippen molar-refractivity contribution in [3.63, 3.8) is 0 Å². The van der Waals surface area contributed by atoms with Gasteiger partial charge in [0.25, 0.3) is 5.56 Å². The lowest BCUT2D eigenvalue weighted by Gasteiger charge is -2.38. The van der Waals surface area contributed by atoms with Gasteiger partial charge in [-0.25, -0.2) is 4.68 Å². The van der Waals surface area contributed by atoms with E-state index in [2.05, 4.69) is 66.7 Å². The zero-order valence-corrected chi connectivity index (χ0v) is 22.6. The predicted octanol–water partition coefficient (Wildman–Crippen LogP) is 3.87. The fraction of sp³-hybridized carbons (Fsp3) is 0.290. The molecule has 1 N–H and O–H groups in total. The van der Waals surface area contributed by atoms with Crippen LogP contribution in [-0.4, -0.2) is 67.8 Å². The smallest absolute Gasteiger partial charge is 0.253 e. The summed E-state index contributed by atoms with van der Waals surface area (Å²) in [6.07, 6.45) is 0. The maximum absolute atomic E-state index is 13.6. The van der Waals surface area contributed by atoms with Gasteiger partial charge in [-0.3, -0.25) is 14.6 Å². The Kier molecular flexibility index (Phi) is 7.65. The zero-order valence-electron chi connectivity index (χ0n) is 22.6. The summed E-state index contributed by atoms with van der Waals surface area (Å²) in [5.74, 6) is 1.43. The highest BCUT2D eigenvalue weighted by Crippen LogP contribution is 2.29. The number of benzene rings is 3. The molecule has 3 aromatic carbocycles. The molecule has 0 saturated carbocycles. The van der Waals surface area contributed by atoms with Crippen molar-refractivity contribution in [1.29, 1.82) is 0 Å². The highest BCUT2D eigenvalue weighted by Gasteiger charge is 2.32. The van der Waals surface area contributed by atoms with Crippen LogP contribution < -0.4 is 10.3 Å². The number of aromatic nitrogens is 5. The Morgan fingerprint density at radius 1 is 0.875 bits per heavy atom. The van der Waals surface area contributed by atoms with Crippen molar-refractivity contribution in [2.45, 2.75) is 26.1 Å². The molecule has 0 radical (unpaired) electrons. The van der Waals surface area contributed by atoms with E-state index >= 15 is 0 Å². The fourth-order valence-electron chi connectivity index (χ4n) is 5.46. The van der Waals surface area contributed by atoms with Crippen LogP contribution in [0.5, 0.6) is 5.75 Å². The van der Waals surface area contributed by atoms with Crippen LogP contribution in [0.4, 0.5) is 0 Å². The molecule has 0 bridgehead atoms. The van der Waals surface area contributed by atoms with Gasteiger partial charge in [-0.2, -0.15) is 0 Å². The monoisotopic (exact) mass is 535 g/mol. The second-order valence-electron chi connectivity index (χ2n) is 10.1. The first-order valence-electron chi connectivity index (χ1n) is 13.8. The standard InChI is InChI=1S/C31H33N7O2/c1-2-40-26-13-14-28-25(19-26)20-27(31(39)32-28)29(30-33-34-35-38(30)22-24-11-7-4-8-12-24)37-17-15-36(16-18-37)21-23-9-5-3-6-10-23/h3-14,19-20,29H,2,15-18,21-22H2,1H3,(H,32,39)/t29-/m1/s1. The molecule has 3 heterocycles. The normalized spacial score (nSPS) is 15.3. The molecule has 2 aromatic heterocycles. The van der Waals surface area contributed by atoms with Gasteiger partial charge in [-0.15, -0.1) is 5.10 Å². The molecule has 1 aliphatic heterocycles. The van der Waals surface area contributed by atoms with Crippen LogP contribution in [0.15, 0.2) is 89.7 Å². The maximum atomic E-state index is 13.6. The molecule has 204 valence electrons. The highest BCUT2D eigenvalue weighted by molar-refractivity contribution is 5.80. The van der Waals surface area contributed by atoms with Crippen molar-refractivity contribution >= 4 is 10.9 Å². The number of fused-ring (bicyclic) bond motifs is 1. The van der Waals surface area contributed by atoms with Crippen molar-refractivity contribution in [3.8, 4) is 5.75 Å². The van der Waals surface area contributed by atoms with Crippen LogP contribution in [0.1, 0.15) is 35.5 Å². The number of tetrazole rings is 1. The van der Waals surface area contributed by atoms with Crippen molar-refractivity contribution in [3.05, 3.63) is 118 Å². The van der Waals surface area contributed by atoms with Crippen LogP contribution in [0.2, 0.25) is 0 Å². The Bertz CT molecular complexity index is 1610. The summed E-state index contributed by atoms with van der Waals surface area (Å²) in [4.78, 5) is 21.5. The molecular weight excluding hydrogens is 502 g/mol. The van der Waals surface area contributed by atoms with E-state index in [1.807, 2.05) is 60.1 Å². The highest BCUT2D eigenvalue weighted by atomic mass is 16.5. The molecular formula is C31H33N7O2. The lowest BCUT2D eigenvalue weighted by Crippen LogP contribution is -2.48. The Labute approximate surface area is 233 Å². The minimum atomic E-state index is -0.401. The number of nitrogens with one attached hydrogen (secondary N) is 1. The van der Waals surface area contributed by atoms with E-state index in [1.165, 1.54) is 5.56 Å². The van der Waals surface area contributed by atoms with E-state index in [0.717, 1.165) is 54.9 Å². The van der Waals surface area contributed by atoms with Gasteiger partial charge in [0, 0.05) is 49.2 Å². The predicted molar refractivity (Wildman–Crippen MR) is 154 cm³/mol. The van der Waals surface area contributed by atoms with Gasteiger partial charge in [-0.05, 0) is 52.7 Å². The number of hydrogen-bond acceptors (Lipinski definition) is 7. The molecule has 40 heavy (non-hydrogen) atoms. The molecule has 1 saturated heterocycles. The van der Waals surface area contributed by atoms with Crippen molar-refractivity contribution in [2.75, 3.05) is 32.8 Å². The van der Waals surface area contributed by atoms with Gasteiger partial charge >= 0.3 is 0 Å². The number of piperazine rings is 1. The summed E-state index contributed by atoms with van der Waals surface area (Å²) in [6, 6.07) is 28.0. The third-order valence-corrected chi connectivity index (χ3v) is 7.45. The summed E-state index contributed by atoms with van der Waals surface area (Å²) in [7, 11) is 0. The Morgan fingerprint density at radius 3 is 2.27 bits per heavy atom. The van der Waals surface area contributed by atoms with Gasteiger partial charge in [-0.1, -0.05) is 60.7 Å². The Morgan fingerprint density at radius 2 is 1.57 bits per heavy atom. The third kappa shape index (κ3) is 5.66. The van der Waals surface area contributed by atoms with Gasteiger partial charge in [0.1, 0.15) is 11.8 Å². The molecule has 1 fully saturated rings. The van der Waals surface area contributed by atoms with Crippen LogP contribution in [-0.2, 0) is 13.1 Å². The summed E-state index contributed by atoms with van der Waals surface area (Å²) < 4.78 is 7.55. The second-order valence-corrected chi connectivity index (χ2v) is 10.1. The number of nitrogens with zero attached hydrogens (tertiary/aromatic N) is 6. The zero-order chi connectivity index (χ0) is 27.3. The Hall–Kier alpha value is -4.34. The van der Waals surface area contributed by atoms with Crippen LogP contribution in [0, 0.1) is 0 Å². The molecule has 0 spiro atoms. The fourth-order valence-corrected chi connectivity index (χ4v) is 5.46. The van der Waals surface area contributed by atoms with Crippen LogP contribution >= 0.6 is 0 Å². The molecule has 9 nitrogen and oxygen atoms in total. The van der Waals surface area contributed by atoms with Gasteiger partial charge in [0.15, 0.2) is 5.82 Å². The van der Waals surface area contributed by atoms with Gasteiger partial charge in [0.05, 0.1) is 13.2 Å². The third-order valence-electron chi connectivity index (χ3n) is 7.45. The van der Waals surface area contributed by atoms with Gasteiger partial charge in [0.2, 0.25) is 0 Å². The summed E-state index contributed by atoms with van der Waals surface area (Å²) in [5, 5.41) is 13.8. The molecule has 9 heteroatoms. The molecule has 1 aliphatic rings. The van der Waals surface area contributed by atoms with E-state index in [9.17, 15) is 4.79 Å². The quantitative estimate of drug-likeness (QED) is 0.306. The Balaban J connectivity index is 1.35. The van der Waals surface area contributed by atoms with Crippen molar-refractivity contribution in [2.24, 2.45) is 0 Å². The first kappa shape index (κ1) is 25.9. The van der Waals surface area contributed by atoms with E-state index in [0.29, 0.717) is 24.5 Å². The molecule has 0 unspecified atom stereocenters. The molecule has 1 atom stereocenters. The minimum absolute atomic E-state index is 0.136. The molecule has 6 rings (SSSR count). The average Bonchev–Trinajstić information content (AvgIpc) is 3.43. The van der Waals surface area contributed by atoms with E-state index in [4.69, 9.17) is 4.74 Å². The average molecular weight is 536 g/mol. The minimum Gasteiger partial charge on any atom is -0.494 e. The number of hydrogen-bond donors (Lipinski definition) is 1. The van der Waals surface area contributed by atoms with E-state index in [1.54, 1.807) is 0 Å². The first-order chi connectivity index (χ1) is 19.7. The number of rotatable bonds is 9. The topological polar surface area (TPSA) is 92.2 Å². The van der Waals surface area contributed by atoms with E-state index < -0.39 is 6.04 Å². The maximum Gasteiger partial charge on any atom is 0.253 e. The second kappa shape index (κ2) is 11.8. The van der Waals surface area contributed by atoms with Crippen molar-refractivity contribution in [1.82, 2.24) is 35.0 Å². The largest absolute Gasteiger partial charge is 0.494 e. The van der Waals surface area contributed by atoms with E-state index in [-0.39, 0.29) is 5.56 Å². The molecule has 0 amide bonds. The number of aromatic amines is 1. The summed E-state index contributed by atoms with van der Waals surface area (Å²) in [6.45, 7) is 7.29. The van der Waals surface area contributed by atoms with Crippen LogP contribution in [0.3, 0.4) is 0 Å². The number of H-pyrrole nitrogens is 1. The van der Waals surface area contributed by atoms with Crippen LogP contribution in [0.25, 0.3) is 10.9 Å².